The molecule has 10 nitrogen and oxygen atoms in total. The van der Waals surface area contributed by atoms with E-state index >= 15 is 0 Å². The highest BCUT2D eigenvalue weighted by atomic mass is 16.6. The van der Waals surface area contributed by atoms with E-state index in [4.69, 9.17) is 9.47 Å². The number of aliphatic hydroxyl groups excluding tert-OH is 3. The van der Waals surface area contributed by atoms with Crippen LogP contribution in [0.3, 0.4) is 0 Å². The highest BCUT2D eigenvalue weighted by molar-refractivity contribution is 5.70. The van der Waals surface area contributed by atoms with Gasteiger partial charge in [-0.2, -0.15) is 0 Å². The van der Waals surface area contributed by atoms with Crippen LogP contribution in [0, 0.1) is 0 Å². The summed E-state index contributed by atoms with van der Waals surface area (Å²) in [7, 11) is 0. The normalized spacial score (nSPS) is 32.4. The third-order valence-electron chi connectivity index (χ3n) is 5.37. The maximum Gasteiger partial charge on any atom is 0.410 e. The van der Waals surface area contributed by atoms with Crippen LogP contribution in [0.2, 0.25) is 0 Å². The van der Waals surface area contributed by atoms with Crippen molar-refractivity contribution in [1.82, 2.24) is 19.9 Å². The van der Waals surface area contributed by atoms with Gasteiger partial charge in [0.15, 0.2) is 6.23 Å². The molecule has 1 aromatic heterocycles. The summed E-state index contributed by atoms with van der Waals surface area (Å²) in [4.78, 5) is 13.8. The molecule has 0 bridgehead atoms. The molecule has 2 aliphatic rings. The van der Waals surface area contributed by atoms with Crippen molar-refractivity contribution >= 4 is 6.09 Å². The van der Waals surface area contributed by atoms with Gasteiger partial charge in [-0.1, -0.05) is 35.5 Å². The minimum absolute atomic E-state index is 0.122. The first-order valence-corrected chi connectivity index (χ1v) is 9.51. The van der Waals surface area contributed by atoms with Gasteiger partial charge in [0.2, 0.25) is 0 Å². The fourth-order valence-electron chi connectivity index (χ4n) is 3.67. The van der Waals surface area contributed by atoms with Crippen molar-refractivity contribution in [3.63, 3.8) is 0 Å². The number of carbonyl (C=O) groups excluding carboxylic acids is 1. The summed E-state index contributed by atoms with van der Waals surface area (Å²) in [6.07, 6.45) is -3.80. The number of carbonyl (C=O) groups is 1. The fourth-order valence-corrected chi connectivity index (χ4v) is 3.67. The van der Waals surface area contributed by atoms with Crippen LogP contribution in [-0.2, 0) is 22.4 Å². The molecule has 0 radical (unpaired) electrons. The Morgan fingerprint density at radius 1 is 1.14 bits per heavy atom. The van der Waals surface area contributed by atoms with Gasteiger partial charge in [0.1, 0.15) is 30.6 Å². The van der Waals surface area contributed by atoms with E-state index in [1.54, 1.807) is 18.0 Å². The van der Waals surface area contributed by atoms with Crippen LogP contribution >= 0.6 is 0 Å². The number of aliphatic hydroxyl groups is 3. The zero-order valence-corrected chi connectivity index (χ0v) is 15.9. The molecule has 6 atom stereocenters. The first-order chi connectivity index (χ1) is 13.9. The zero-order chi connectivity index (χ0) is 20.5. The molecule has 0 saturated carbocycles. The standard InChI is InChI=1S/C19H24N4O6/c1-11-15(24)16(25)17(26)18(29-11)23-9-13(20-21-23)8-22-14(10-28-19(22)27)7-12-5-3-2-4-6-12/h2-6,9,11,14-18,24-26H,7-8,10H2,1H3/t11-,14+,15+,16+,17-,18-/m0/s1. The summed E-state index contributed by atoms with van der Waals surface area (Å²) >= 11 is 0. The Morgan fingerprint density at radius 3 is 2.66 bits per heavy atom. The van der Waals surface area contributed by atoms with Crippen LogP contribution in [0.1, 0.15) is 24.4 Å². The second kappa shape index (κ2) is 8.07. The Kier molecular flexibility index (Phi) is 5.50. The van der Waals surface area contributed by atoms with Gasteiger partial charge in [0.05, 0.1) is 24.9 Å². The maximum absolute atomic E-state index is 12.2. The van der Waals surface area contributed by atoms with Crippen molar-refractivity contribution in [3.8, 4) is 0 Å². The molecule has 1 amide bonds. The molecule has 2 aliphatic heterocycles. The monoisotopic (exact) mass is 404 g/mol. The molecule has 2 fully saturated rings. The van der Waals surface area contributed by atoms with Crippen molar-refractivity contribution in [2.75, 3.05) is 6.61 Å². The smallest absolute Gasteiger partial charge is 0.410 e. The topological polar surface area (TPSA) is 130 Å². The van der Waals surface area contributed by atoms with Crippen LogP contribution in [0.15, 0.2) is 36.5 Å². The molecule has 0 spiro atoms. The number of benzene rings is 1. The minimum atomic E-state index is -1.36. The van der Waals surface area contributed by atoms with Gasteiger partial charge >= 0.3 is 6.09 Å². The third-order valence-corrected chi connectivity index (χ3v) is 5.37. The number of cyclic esters (lactones) is 1. The summed E-state index contributed by atoms with van der Waals surface area (Å²) in [5.41, 5.74) is 1.59. The second-order valence-corrected chi connectivity index (χ2v) is 7.44. The SMILES string of the molecule is C[C@@H]1O[C@H](n2cc(CN3C(=O)OC[C@H]3Cc3ccccc3)nn2)[C@@H](O)[C@H](O)[C@@H]1O. The van der Waals surface area contributed by atoms with E-state index in [0.717, 1.165) is 5.56 Å². The maximum atomic E-state index is 12.2. The lowest BCUT2D eigenvalue weighted by molar-refractivity contribution is -0.243. The predicted octanol–water partition coefficient (Wildman–Crippen LogP) is -0.158. The molecule has 10 heteroatoms. The quantitative estimate of drug-likeness (QED) is 0.627. The second-order valence-electron chi connectivity index (χ2n) is 7.44. The van der Waals surface area contributed by atoms with E-state index in [0.29, 0.717) is 18.7 Å². The van der Waals surface area contributed by atoms with Crippen molar-refractivity contribution in [2.45, 2.75) is 56.6 Å². The Hall–Kier alpha value is -2.53. The Morgan fingerprint density at radius 2 is 1.90 bits per heavy atom. The molecule has 156 valence electrons. The lowest BCUT2D eigenvalue weighted by Crippen LogP contribution is -2.54. The average Bonchev–Trinajstić information content (AvgIpc) is 3.32. The number of hydrogen-bond acceptors (Lipinski definition) is 8. The van der Waals surface area contributed by atoms with Crippen molar-refractivity contribution in [1.29, 1.82) is 0 Å². The highest BCUT2D eigenvalue weighted by Crippen LogP contribution is 2.28. The number of amides is 1. The molecule has 2 saturated heterocycles. The van der Waals surface area contributed by atoms with Gasteiger partial charge in [-0.3, -0.25) is 4.90 Å². The lowest BCUT2D eigenvalue weighted by Gasteiger charge is -2.38. The molecule has 4 rings (SSSR count). The molecule has 0 aliphatic carbocycles. The third kappa shape index (κ3) is 3.97. The van der Waals surface area contributed by atoms with Gasteiger partial charge < -0.3 is 24.8 Å². The number of ether oxygens (including phenoxy) is 2. The summed E-state index contributed by atoms with van der Waals surface area (Å²) in [5.74, 6) is 0. The van der Waals surface area contributed by atoms with E-state index in [1.165, 1.54) is 4.68 Å². The summed E-state index contributed by atoms with van der Waals surface area (Å²) in [6, 6.07) is 9.72. The van der Waals surface area contributed by atoms with E-state index in [2.05, 4.69) is 10.3 Å². The van der Waals surface area contributed by atoms with Gasteiger partial charge in [0.25, 0.3) is 0 Å². The van der Waals surface area contributed by atoms with E-state index in [9.17, 15) is 20.1 Å². The van der Waals surface area contributed by atoms with E-state index in [-0.39, 0.29) is 12.6 Å². The summed E-state index contributed by atoms with van der Waals surface area (Å²) in [6.45, 7) is 2.09. The molecule has 2 aromatic rings. The first kappa shape index (κ1) is 19.8. The number of hydrogen-bond donors (Lipinski definition) is 3. The number of aromatic nitrogens is 3. The first-order valence-electron chi connectivity index (χ1n) is 9.51. The van der Waals surface area contributed by atoms with Crippen LogP contribution in [-0.4, -0.2) is 78.4 Å². The average molecular weight is 404 g/mol. The van der Waals surface area contributed by atoms with Crippen molar-refractivity contribution in [3.05, 3.63) is 47.8 Å². The molecule has 3 heterocycles. The molecule has 3 N–H and O–H groups in total. The molecular formula is C19H24N4O6. The zero-order valence-electron chi connectivity index (χ0n) is 15.9. The lowest BCUT2D eigenvalue weighted by atomic mass is 9.99. The molecule has 0 unspecified atom stereocenters. The van der Waals surface area contributed by atoms with Gasteiger partial charge in [0, 0.05) is 0 Å². The fraction of sp³-hybridized carbons (Fsp3) is 0.526. The highest BCUT2D eigenvalue weighted by Gasteiger charge is 2.43. The Bertz CT molecular complexity index is 846. The van der Waals surface area contributed by atoms with E-state index in [1.807, 2.05) is 30.3 Å². The van der Waals surface area contributed by atoms with Crippen LogP contribution in [0.4, 0.5) is 4.79 Å². The van der Waals surface area contributed by atoms with Crippen molar-refractivity contribution in [2.24, 2.45) is 0 Å². The summed E-state index contributed by atoms with van der Waals surface area (Å²) in [5, 5.41) is 38.0. The largest absolute Gasteiger partial charge is 0.447 e. The van der Waals surface area contributed by atoms with Crippen LogP contribution in [0.5, 0.6) is 0 Å². The van der Waals surface area contributed by atoms with E-state index < -0.39 is 36.7 Å². The number of nitrogens with zero attached hydrogens (tertiary/aromatic N) is 4. The molecule has 29 heavy (non-hydrogen) atoms. The Labute approximate surface area is 167 Å². The van der Waals surface area contributed by atoms with Gasteiger partial charge in [-0.05, 0) is 18.9 Å². The Balaban J connectivity index is 1.46. The predicted molar refractivity (Wildman–Crippen MR) is 98.5 cm³/mol. The van der Waals surface area contributed by atoms with Crippen molar-refractivity contribution < 1.29 is 29.6 Å². The van der Waals surface area contributed by atoms with Gasteiger partial charge in [-0.25, -0.2) is 9.48 Å². The molecular weight excluding hydrogens is 380 g/mol. The molecule has 1 aromatic carbocycles. The van der Waals surface area contributed by atoms with Crippen LogP contribution in [0.25, 0.3) is 0 Å². The van der Waals surface area contributed by atoms with Gasteiger partial charge in [-0.15, -0.1) is 5.10 Å². The van der Waals surface area contributed by atoms with Crippen LogP contribution < -0.4 is 0 Å². The summed E-state index contributed by atoms with van der Waals surface area (Å²) < 4.78 is 12.1. The number of rotatable bonds is 5. The minimum Gasteiger partial charge on any atom is -0.447 e.